The van der Waals surface area contributed by atoms with Crippen molar-refractivity contribution in [2.24, 2.45) is 0 Å². The molecule has 20 heavy (non-hydrogen) atoms. The summed E-state index contributed by atoms with van der Waals surface area (Å²) in [6.45, 7) is -0.691. The van der Waals surface area contributed by atoms with Crippen molar-refractivity contribution in [3.63, 3.8) is 0 Å². The Morgan fingerprint density at radius 2 is 0.750 bits per heavy atom. The number of aliphatic hydroxyl groups excluding tert-OH is 4. The quantitative estimate of drug-likeness (QED) is 0.663. The molecule has 0 fully saturated rings. The standard InChI is InChI=1S/C16H18O4/c17-7-11-3-1-4-12(8-18)15(11)16-13(9-19)5-2-6-14(16)10-20/h1-6,17-20H,7-10H2. The first-order valence-electron chi connectivity index (χ1n) is 6.42. The lowest BCUT2D eigenvalue weighted by atomic mass is 9.88. The van der Waals surface area contributed by atoms with E-state index in [-0.39, 0.29) is 26.4 Å². The second kappa shape index (κ2) is 6.63. The summed E-state index contributed by atoms with van der Waals surface area (Å²) >= 11 is 0. The average Bonchev–Trinajstić information content (AvgIpc) is 2.52. The van der Waals surface area contributed by atoms with Crippen LogP contribution in [0.5, 0.6) is 0 Å². The lowest BCUT2D eigenvalue weighted by molar-refractivity contribution is 0.272. The lowest BCUT2D eigenvalue weighted by Crippen LogP contribution is -2.03. The molecule has 4 heteroatoms. The maximum atomic E-state index is 9.52. The molecule has 0 amide bonds. The van der Waals surface area contributed by atoms with Crippen LogP contribution in [0.4, 0.5) is 0 Å². The Balaban J connectivity index is 2.79. The monoisotopic (exact) mass is 274 g/mol. The highest BCUT2D eigenvalue weighted by molar-refractivity contribution is 5.76. The molecule has 0 aromatic heterocycles. The summed E-state index contributed by atoms with van der Waals surface area (Å²) in [6.07, 6.45) is 0. The molecular weight excluding hydrogens is 256 g/mol. The summed E-state index contributed by atoms with van der Waals surface area (Å²) in [5.41, 5.74) is 4.01. The minimum Gasteiger partial charge on any atom is -0.392 e. The van der Waals surface area contributed by atoms with Crippen molar-refractivity contribution in [1.29, 1.82) is 0 Å². The molecule has 0 unspecified atom stereocenters. The topological polar surface area (TPSA) is 80.9 Å². The van der Waals surface area contributed by atoms with Gasteiger partial charge >= 0.3 is 0 Å². The van der Waals surface area contributed by atoms with Gasteiger partial charge in [0.15, 0.2) is 0 Å². The third kappa shape index (κ3) is 2.59. The molecule has 0 aliphatic rings. The van der Waals surface area contributed by atoms with E-state index in [2.05, 4.69) is 0 Å². The fourth-order valence-corrected chi connectivity index (χ4v) is 2.48. The summed E-state index contributed by atoms with van der Waals surface area (Å²) < 4.78 is 0. The SMILES string of the molecule is OCc1cccc(CO)c1-c1c(CO)cccc1CO. The van der Waals surface area contributed by atoms with Gasteiger partial charge in [0.25, 0.3) is 0 Å². The predicted octanol–water partition coefficient (Wildman–Crippen LogP) is 1.32. The highest BCUT2D eigenvalue weighted by Crippen LogP contribution is 2.34. The molecule has 2 rings (SSSR count). The Labute approximate surface area is 117 Å². The minimum absolute atomic E-state index is 0.173. The van der Waals surface area contributed by atoms with Gasteiger partial charge in [0, 0.05) is 0 Å². The van der Waals surface area contributed by atoms with Crippen molar-refractivity contribution >= 4 is 0 Å². The number of rotatable bonds is 5. The third-order valence-corrected chi connectivity index (χ3v) is 3.41. The van der Waals surface area contributed by atoms with Crippen LogP contribution in [0.2, 0.25) is 0 Å². The number of hydrogen-bond donors (Lipinski definition) is 4. The van der Waals surface area contributed by atoms with E-state index in [1.807, 2.05) is 0 Å². The smallest absolute Gasteiger partial charge is 0.0688 e. The van der Waals surface area contributed by atoms with Crippen molar-refractivity contribution < 1.29 is 20.4 Å². The van der Waals surface area contributed by atoms with Crippen molar-refractivity contribution in [2.75, 3.05) is 0 Å². The van der Waals surface area contributed by atoms with Crippen molar-refractivity contribution in [2.45, 2.75) is 26.4 Å². The van der Waals surface area contributed by atoms with Crippen LogP contribution in [-0.2, 0) is 26.4 Å². The molecule has 0 aliphatic heterocycles. The average molecular weight is 274 g/mol. The molecule has 0 radical (unpaired) electrons. The lowest BCUT2D eigenvalue weighted by Gasteiger charge is -2.18. The van der Waals surface area contributed by atoms with Crippen LogP contribution in [0, 0.1) is 0 Å². The molecule has 0 spiro atoms. The molecule has 0 bridgehead atoms. The molecular formula is C16H18O4. The van der Waals surface area contributed by atoms with Crippen LogP contribution >= 0.6 is 0 Å². The van der Waals surface area contributed by atoms with Gasteiger partial charge in [-0.25, -0.2) is 0 Å². The molecule has 106 valence electrons. The molecule has 4 N–H and O–H groups in total. The summed E-state index contributed by atoms with van der Waals surface area (Å²) in [5, 5.41) is 38.1. The molecule has 0 heterocycles. The highest BCUT2D eigenvalue weighted by Gasteiger charge is 2.16. The zero-order valence-corrected chi connectivity index (χ0v) is 11.1. The summed E-state index contributed by atoms with van der Waals surface area (Å²) in [4.78, 5) is 0. The Morgan fingerprint density at radius 1 is 0.500 bits per heavy atom. The second-order valence-corrected chi connectivity index (χ2v) is 4.53. The van der Waals surface area contributed by atoms with Crippen LogP contribution in [0.1, 0.15) is 22.3 Å². The van der Waals surface area contributed by atoms with Crippen LogP contribution < -0.4 is 0 Å². The third-order valence-electron chi connectivity index (χ3n) is 3.41. The van der Waals surface area contributed by atoms with E-state index < -0.39 is 0 Å². The van der Waals surface area contributed by atoms with Gasteiger partial charge in [-0.05, 0) is 33.4 Å². The van der Waals surface area contributed by atoms with Gasteiger partial charge in [-0.3, -0.25) is 0 Å². The summed E-state index contributed by atoms with van der Waals surface area (Å²) in [6, 6.07) is 10.6. The Kier molecular flexibility index (Phi) is 4.87. The molecule has 0 saturated carbocycles. The summed E-state index contributed by atoms with van der Waals surface area (Å²) in [5.74, 6) is 0. The van der Waals surface area contributed by atoms with Gasteiger partial charge in [0.2, 0.25) is 0 Å². The van der Waals surface area contributed by atoms with Crippen LogP contribution in [0.25, 0.3) is 11.1 Å². The first-order chi connectivity index (χ1) is 9.76. The molecule has 0 atom stereocenters. The van der Waals surface area contributed by atoms with E-state index in [9.17, 15) is 20.4 Å². The minimum atomic E-state index is -0.173. The van der Waals surface area contributed by atoms with E-state index in [1.54, 1.807) is 36.4 Å². The first-order valence-corrected chi connectivity index (χ1v) is 6.42. The van der Waals surface area contributed by atoms with E-state index in [1.165, 1.54) is 0 Å². The zero-order chi connectivity index (χ0) is 14.5. The molecule has 2 aromatic carbocycles. The normalized spacial score (nSPS) is 10.8. The maximum absolute atomic E-state index is 9.52. The van der Waals surface area contributed by atoms with E-state index in [0.29, 0.717) is 33.4 Å². The largest absolute Gasteiger partial charge is 0.392 e. The Bertz CT molecular complexity index is 495. The first kappa shape index (κ1) is 14.7. The number of aliphatic hydroxyl groups is 4. The summed E-state index contributed by atoms with van der Waals surface area (Å²) in [7, 11) is 0. The van der Waals surface area contributed by atoms with Crippen molar-refractivity contribution in [3.8, 4) is 11.1 Å². The van der Waals surface area contributed by atoms with Gasteiger partial charge < -0.3 is 20.4 Å². The van der Waals surface area contributed by atoms with Crippen LogP contribution in [-0.4, -0.2) is 20.4 Å². The van der Waals surface area contributed by atoms with E-state index in [0.717, 1.165) is 0 Å². The van der Waals surface area contributed by atoms with Crippen LogP contribution in [0.15, 0.2) is 36.4 Å². The van der Waals surface area contributed by atoms with Crippen LogP contribution in [0.3, 0.4) is 0 Å². The number of benzene rings is 2. The van der Waals surface area contributed by atoms with Crippen molar-refractivity contribution in [3.05, 3.63) is 58.7 Å². The molecule has 2 aromatic rings. The maximum Gasteiger partial charge on any atom is 0.0688 e. The van der Waals surface area contributed by atoms with E-state index >= 15 is 0 Å². The molecule has 0 aliphatic carbocycles. The molecule has 4 nitrogen and oxygen atoms in total. The number of hydrogen-bond acceptors (Lipinski definition) is 4. The molecule has 0 saturated heterocycles. The van der Waals surface area contributed by atoms with Gasteiger partial charge in [-0.15, -0.1) is 0 Å². The van der Waals surface area contributed by atoms with Gasteiger partial charge in [-0.1, -0.05) is 36.4 Å². The second-order valence-electron chi connectivity index (χ2n) is 4.53. The fraction of sp³-hybridized carbons (Fsp3) is 0.250. The zero-order valence-electron chi connectivity index (χ0n) is 11.1. The van der Waals surface area contributed by atoms with E-state index in [4.69, 9.17) is 0 Å². The Hall–Kier alpha value is -1.72. The van der Waals surface area contributed by atoms with Gasteiger partial charge in [-0.2, -0.15) is 0 Å². The van der Waals surface area contributed by atoms with Gasteiger partial charge in [0.1, 0.15) is 0 Å². The highest BCUT2D eigenvalue weighted by atomic mass is 16.3. The predicted molar refractivity (Wildman–Crippen MR) is 75.6 cm³/mol. The van der Waals surface area contributed by atoms with Crippen molar-refractivity contribution in [1.82, 2.24) is 0 Å². The Morgan fingerprint density at radius 3 is 0.950 bits per heavy atom. The van der Waals surface area contributed by atoms with Gasteiger partial charge in [0.05, 0.1) is 26.4 Å². The fourth-order valence-electron chi connectivity index (χ4n) is 2.48.